The van der Waals surface area contributed by atoms with Gasteiger partial charge in [-0.15, -0.1) is 11.6 Å². The predicted molar refractivity (Wildman–Crippen MR) is 81.2 cm³/mol. The van der Waals surface area contributed by atoms with Crippen molar-refractivity contribution in [2.24, 2.45) is 0 Å². The second kappa shape index (κ2) is 5.68. The zero-order chi connectivity index (χ0) is 13.9. The fraction of sp³-hybridized carbons (Fsp3) is 0.235. The molecule has 1 N–H and O–H groups in total. The first-order valence-corrected chi connectivity index (χ1v) is 7.32. The normalized spacial score (nSPS) is 16.1. The fourth-order valence-electron chi connectivity index (χ4n) is 2.61. The second-order valence-corrected chi connectivity index (χ2v) is 5.41. The summed E-state index contributed by atoms with van der Waals surface area (Å²) in [6.45, 7) is 0.701. The monoisotopic (exact) mass is 285 g/mol. The number of alkyl halides is 1. The summed E-state index contributed by atoms with van der Waals surface area (Å²) in [5, 5.41) is 3.01. The van der Waals surface area contributed by atoms with Crippen molar-refractivity contribution < 1.29 is 4.79 Å². The van der Waals surface area contributed by atoms with Crippen LogP contribution in [0.2, 0.25) is 0 Å². The smallest absolute Gasteiger partial charge is 0.251 e. The molecular weight excluding hydrogens is 270 g/mol. The molecule has 1 aliphatic carbocycles. The second-order valence-electron chi connectivity index (χ2n) is 5.14. The molecule has 0 fully saturated rings. The minimum absolute atomic E-state index is 0.0181. The highest BCUT2D eigenvalue weighted by Crippen LogP contribution is 2.33. The van der Waals surface area contributed by atoms with Crippen molar-refractivity contribution in [2.75, 3.05) is 6.54 Å². The number of amides is 1. The lowest BCUT2D eigenvalue weighted by molar-refractivity contribution is 0.0950. The van der Waals surface area contributed by atoms with E-state index in [0.717, 1.165) is 12.0 Å². The number of carbonyl (C=O) groups is 1. The third-order valence-corrected chi connectivity index (χ3v) is 4.15. The molecule has 2 aromatic rings. The Bertz CT molecular complexity index is 621. The van der Waals surface area contributed by atoms with Gasteiger partial charge in [-0.05, 0) is 35.2 Å². The van der Waals surface area contributed by atoms with Crippen molar-refractivity contribution in [3.05, 3.63) is 70.8 Å². The van der Waals surface area contributed by atoms with Gasteiger partial charge in [-0.2, -0.15) is 0 Å². The van der Waals surface area contributed by atoms with Crippen molar-refractivity contribution in [1.29, 1.82) is 0 Å². The van der Waals surface area contributed by atoms with E-state index in [-0.39, 0.29) is 5.91 Å². The first-order chi connectivity index (χ1) is 9.78. The van der Waals surface area contributed by atoms with Crippen LogP contribution >= 0.6 is 11.6 Å². The van der Waals surface area contributed by atoms with Crippen LogP contribution in [0.1, 0.15) is 33.0 Å². The van der Waals surface area contributed by atoms with Gasteiger partial charge in [0.15, 0.2) is 0 Å². The van der Waals surface area contributed by atoms with Gasteiger partial charge in [-0.1, -0.05) is 36.4 Å². The van der Waals surface area contributed by atoms with Crippen molar-refractivity contribution in [3.63, 3.8) is 0 Å². The Labute approximate surface area is 123 Å². The van der Waals surface area contributed by atoms with Gasteiger partial charge < -0.3 is 5.32 Å². The molecule has 1 atom stereocenters. The average Bonchev–Trinajstić information content (AvgIpc) is 2.48. The third kappa shape index (κ3) is 2.56. The summed E-state index contributed by atoms with van der Waals surface area (Å²) < 4.78 is 0. The van der Waals surface area contributed by atoms with Crippen LogP contribution in [0.25, 0.3) is 0 Å². The molecule has 0 aromatic heterocycles. The number of carbonyl (C=O) groups excluding carboxylic acids is 1. The highest BCUT2D eigenvalue weighted by molar-refractivity contribution is 6.17. The molecule has 0 spiro atoms. The summed E-state index contributed by atoms with van der Waals surface area (Å²) in [6.07, 6.45) is 1.06. The molecule has 2 aromatic carbocycles. The molecule has 1 unspecified atom stereocenters. The zero-order valence-corrected chi connectivity index (χ0v) is 11.9. The van der Waals surface area contributed by atoms with Crippen molar-refractivity contribution in [2.45, 2.75) is 18.2 Å². The minimum atomic E-state index is -0.0181. The van der Waals surface area contributed by atoms with E-state index in [1.807, 2.05) is 24.3 Å². The molecule has 2 nitrogen and oxygen atoms in total. The first-order valence-electron chi connectivity index (χ1n) is 6.79. The minimum Gasteiger partial charge on any atom is -0.351 e. The average molecular weight is 286 g/mol. The number of halogens is 1. The maximum Gasteiger partial charge on any atom is 0.251 e. The maximum atomic E-state index is 12.1. The largest absolute Gasteiger partial charge is 0.351 e. The van der Waals surface area contributed by atoms with E-state index < -0.39 is 0 Å². The van der Waals surface area contributed by atoms with E-state index in [1.54, 1.807) is 0 Å². The van der Waals surface area contributed by atoms with E-state index in [4.69, 9.17) is 11.6 Å². The lowest BCUT2D eigenvalue weighted by atomic mass is 9.77. The number of nitrogens with one attached hydrogen (secondary N) is 1. The summed E-state index contributed by atoms with van der Waals surface area (Å²) in [7, 11) is 0. The van der Waals surface area contributed by atoms with E-state index >= 15 is 0 Å². The molecule has 1 amide bonds. The molecule has 0 heterocycles. The number of rotatable bonds is 4. The van der Waals surface area contributed by atoms with Gasteiger partial charge in [0.1, 0.15) is 0 Å². The van der Waals surface area contributed by atoms with Gasteiger partial charge in [0.2, 0.25) is 0 Å². The SMILES string of the molecule is O=C(NCC1Cc2ccccc21)c1ccc(CCl)cc1. The van der Waals surface area contributed by atoms with Crippen LogP contribution in [0, 0.1) is 0 Å². The van der Waals surface area contributed by atoms with Crippen molar-refractivity contribution in [1.82, 2.24) is 5.32 Å². The van der Waals surface area contributed by atoms with Gasteiger partial charge in [0, 0.05) is 23.9 Å². The Balaban J connectivity index is 1.58. The molecule has 3 rings (SSSR count). The highest BCUT2D eigenvalue weighted by Gasteiger charge is 2.25. The summed E-state index contributed by atoms with van der Waals surface area (Å²) in [6, 6.07) is 15.8. The van der Waals surface area contributed by atoms with E-state index in [1.165, 1.54) is 11.1 Å². The van der Waals surface area contributed by atoms with Crippen LogP contribution < -0.4 is 5.32 Å². The Kier molecular flexibility index (Phi) is 3.75. The van der Waals surface area contributed by atoms with E-state index in [9.17, 15) is 4.79 Å². The topological polar surface area (TPSA) is 29.1 Å². The Morgan fingerprint density at radius 3 is 2.60 bits per heavy atom. The zero-order valence-electron chi connectivity index (χ0n) is 11.1. The van der Waals surface area contributed by atoms with Crippen LogP contribution in [-0.4, -0.2) is 12.5 Å². The number of benzene rings is 2. The standard InChI is InChI=1S/C17H16ClNO/c18-10-12-5-7-13(8-6-12)17(20)19-11-15-9-14-3-1-2-4-16(14)15/h1-8,15H,9-11H2,(H,19,20). The van der Waals surface area contributed by atoms with Gasteiger partial charge in [-0.25, -0.2) is 0 Å². The quantitative estimate of drug-likeness (QED) is 0.856. The van der Waals surface area contributed by atoms with Crippen LogP contribution in [0.5, 0.6) is 0 Å². The number of hydrogen-bond acceptors (Lipinski definition) is 1. The first kappa shape index (κ1) is 13.2. The Morgan fingerprint density at radius 2 is 1.90 bits per heavy atom. The molecule has 0 radical (unpaired) electrons. The highest BCUT2D eigenvalue weighted by atomic mass is 35.5. The van der Waals surface area contributed by atoms with Gasteiger partial charge in [-0.3, -0.25) is 4.79 Å². The van der Waals surface area contributed by atoms with Crippen LogP contribution in [0.4, 0.5) is 0 Å². The van der Waals surface area contributed by atoms with Gasteiger partial charge in [0.05, 0.1) is 0 Å². The summed E-state index contributed by atoms with van der Waals surface area (Å²) in [5.74, 6) is 0.911. The predicted octanol–water partition coefficient (Wildman–Crippen LogP) is 3.50. The van der Waals surface area contributed by atoms with Crippen molar-refractivity contribution in [3.8, 4) is 0 Å². The Morgan fingerprint density at radius 1 is 1.15 bits per heavy atom. The molecule has 102 valence electrons. The van der Waals surface area contributed by atoms with Gasteiger partial charge >= 0.3 is 0 Å². The summed E-state index contributed by atoms with van der Waals surface area (Å²) >= 11 is 5.74. The van der Waals surface area contributed by atoms with Crippen molar-refractivity contribution >= 4 is 17.5 Å². The van der Waals surface area contributed by atoms with E-state index in [2.05, 4.69) is 29.6 Å². The molecule has 0 saturated heterocycles. The summed E-state index contributed by atoms with van der Waals surface area (Å²) in [4.78, 5) is 12.1. The molecule has 20 heavy (non-hydrogen) atoms. The van der Waals surface area contributed by atoms with E-state index in [0.29, 0.717) is 23.9 Å². The Hall–Kier alpha value is -1.80. The molecule has 1 aliphatic rings. The fourth-order valence-corrected chi connectivity index (χ4v) is 2.79. The number of fused-ring (bicyclic) bond motifs is 1. The van der Waals surface area contributed by atoms with Crippen LogP contribution in [-0.2, 0) is 12.3 Å². The maximum absolute atomic E-state index is 12.1. The molecular formula is C17H16ClNO. The number of hydrogen-bond donors (Lipinski definition) is 1. The molecule has 0 aliphatic heterocycles. The third-order valence-electron chi connectivity index (χ3n) is 3.84. The lowest BCUT2D eigenvalue weighted by Gasteiger charge is -2.30. The van der Waals surface area contributed by atoms with Crippen LogP contribution in [0.15, 0.2) is 48.5 Å². The molecule has 0 saturated carbocycles. The molecule has 0 bridgehead atoms. The van der Waals surface area contributed by atoms with Gasteiger partial charge in [0.25, 0.3) is 5.91 Å². The summed E-state index contributed by atoms with van der Waals surface area (Å²) in [5.41, 5.74) is 4.48. The lowest BCUT2D eigenvalue weighted by Crippen LogP contribution is -2.33. The molecule has 3 heteroatoms. The van der Waals surface area contributed by atoms with Crippen LogP contribution in [0.3, 0.4) is 0 Å².